The number of likely N-dealkylation sites (tertiary alicyclic amines) is 1. The standard InChI is InChI=1S/C22H28N4O2/c27-21-13-17(15-26(21)19-4-2-1-3-5-19)14-25-10-8-16(9-11-25)12-20-23-22(28-24-20)18-6-7-18/h1-5,16-18H,6-15H2/t17-/m1/s1. The van der Waals surface area contributed by atoms with Gasteiger partial charge in [0.1, 0.15) is 0 Å². The third-order valence-electron chi connectivity index (χ3n) is 6.38. The highest BCUT2D eigenvalue weighted by Gasteiger charge is 2.33. The lowest BCUT2D eigenvalue weighted by molar-refractivity contribution is -0.117. The summed E-state index contributed by atoms with van der Waals surface area (Å²) in [5.74, 6) is 3.61. The summed E-state index contributed by atoms with van der Waals surface area (Å²) in [4.78, 5) is 21.5. The average Bonchev–Trinajstić information content (AvgIpc) is 3.36. The Balaban J connectivity index is 1.09. The highest BCUT2D eigenvalue weighted by atomic mass is 16.5. The van der Waals surface area contributed by atoms with Crippen LogP contribution in [0.1, 0.15) is 49.7 Å². The summed E-state index contributed by atoms with van der Waals surface area (Å²) in [5, 5.41) is 4.18. The van der Waals surface area contributed by atoms with E-state index in [1.54, 1.807) is 0 Å². The number of piperidine rings is 1. The number of benzene rings is 1. The summed E-state index contributed by atoms with van der Waals surface area (Å²) < 4.78 is 5.39. The Labute approximate surface area is 165 Å². The number of para-hydroxylation sites is 1. The van der Waals surface area contributed by atoms with Crippen LogP contribution < -0.4 is 4.90 Å². The first-order valence-electron chi connectivity index (χ1n) is 10.6. The van der Waals surface area contributed by atoms with E-state index in [0.29, 0.717) is 24.2 Å². The number of nitrogens with zero attached hydrogens (tertiary/aromatic N) is 4. The topological polar surface area (TPSA) is 62.5 Å². The molecule has 28 heavy (non-hydrogen) atoms. The molecule has 3 heterocycles. The van der Waals surface area contributed by atoms with Crippen molar-refractivity contribution in [2.75, 3.05) is 31.1 Å². The zero-order valence-electron chi connectivity index (χ0n) is 16.3. The van der Waals surface area contributed by atoms with Crippen molar-refractivity contribution in [3.63, 3.8) is 0 Å². The quantitative estimate of drug-likeness (QED) is 0.770. The number of anilines is 1. The van der Waals surface area contributed by atoms with Crippen LogP contribution in [0, 0.1) is 11.8 Å². The third-order valence-corrected chi connectivity index (χ3v) is 6.38. The molecule has 2 aromatic rings. The van der Waals surface area contributed by atoms with E-state index >= 15 is 0 Å². The third kappa shape index (κ3) is 3.97. The minimum absolute atomic E-state index is 0.259. The second-order valence-corrected chi connectivity index (χ2v) is 8.68. The molecule has 0 unspecified atom stereocenters. The van der Waals surface area contributed by atoms with Gasteiger partial charge >= 0.3 is 0 Å². The van der Waals surface area contributed by atoms with Crippen molar-refractivity contribution >= 4 is 11.6 Å². The van der Waals surface area contributed by atoms with Gasteiger partial charge in [0.05, 0.1) is 0 Å². The lowest BCUT2D eigenvalue weighted by Gasteiger charge is -2.33. The molecule has 1 saturated carbocycles. The summed E-state index contributed by atoms with van der Waals surface area (Å²) in [7, 11) is 0. The average molecular weight is 380 g/mol. The first-order valence-corrected chi connectivity index (χ1v) is 10.6. The van der Waals surface area contributed by atoms with Crippen LogP contribution in [0.25, 0.3) is 0 Å². The second kappa shape index (κ2) is 7.66. The molecule has 0 spiro atoms. The van der Waals surface area contributed by atoms with E-state index < -0.39 is 0 Å². The zero-order chi connectivity index (χ0) is 18.9. The van der Waals surface area contributed by atoms with Crippen LogP contribution in [-0.2, 0) is 11.2 Å². The van der Waals surface area contributed by atoms with E-state index in [4.69, 9.17) is 4.52 Å². The van der Waals surface area contributed by atoms with Gasteiger partial charge in [0.25, 0.3) is 0 Å². The summed E-state index contributed by atoms with van der Waals surface area (Å²) in [6, 6.07) is 10.0. The maximum absolute atomic E-state index is 12.4. The molecule has 0 radical (unpaired) electrons. The fraction of sp³-hybridized carbons (Fsp3) is 0.591. The van der Waals surface area contributed by atoms with Crippen LogP contribution in [-0.4, -0.2) is 47.1 Å². The zero-order valence-corrected chi connectivity index (χ0v) is 16.3. The second-order valence-electron chi connectivity index (χ2n) is 8.68. The number of rotatable bonds is 6. The molecular weight excluding hydrogens is 352 g/mol. The molecular formula is C22H28N4O2. The molecule has 1 atom stereocenters. The van der Waals surface area contributed by atoms with E-state index in [1.807, 2.05) is 35.2 Å². The Hall–Kier alpha value is -2.21. The van der Waals surface area contributed by atoms with Crippen LogP contribution in [0.2, 0.25) is 0 Å². The van der Waals surface area contributed by atoms with E-state index in [0.717, 1.165) is 50.0 Å². The van der Waals surface area contributed by atoms with Gasteiger partial charge in [0.2, 0.25) is 11.8 Å². The van der Waals surface area contributed by atoms with Gasteiger partial charge in [-0.1, -0.05) is 23.4 Å². The maximum atomic E-state index is 12.4. The van der Waals surface area contributed by atoms with Crippen molar-refractivity contribution < 1.29 is 9.32 Å². The van der Waals surface area contributed by atoms with E-state index in [-0.39, 0.29) is 5.91 Å². The monoisotopic (exact) mass is 380 g/mol. The molecule has 6 nitrogen and oxygen atoms in total. The first-order chi connectivity index (χ1) is 13.7. The van der Waals surface area contributed by atoms with Gasteiger partial charge in [0.15, 0.2) is 5.82 Å². The van der Waals surface area contributed by atoms with Crippen LogP contribution >= 0.6 is 0 Å². The molecule has 2 saturated heterocycles. The Morgan fingerprint density at radius 1 is 1.04 bits per heavy atom. The number of hydrogen-bond donors (Lipinski definition) is 0. The first kappa shape index (κ1) is 17.9. The van der Waals surface area contributed by atoms with Crippen molar-refractivity contribution in [3.8, 4) is 0 Å². The smallest absolute Gasteiger partial charge is 0.229 e. The molecule has 3 fully saturated rings. The molecule has 2 aliphatic heterocycles. The van der Waals surface area contributed by atoms with Gasteiger partial charge in [-0.25, -0.2) is 0 Å². The number of hydrogen-bond acceptors (Lipinski definition) is 5. The highest BCUT2D eigenvalue weighted by Crippen LogP contribution is 2.39. The number of carbonyl (C=O) groups excluding carboxylic acids is 1. The minimum atomic E-state index is 0.259. The van der Waals surface area contributed by atoms with Crippen molar-refractivity contribution in [2.45, 2.75) is 44.4 Å². The summed E-state index contributed by atoms with van der Waals surface area (Å²) >= 11 is 0. The van der Waals surface area contributed by atoms with Crippen LogP contribution in [0.15, 0.2) is 34.9 Å². The van der Waals surface area contributed by atoms with Gasteiger partial charge in [-0.3, -0.25) is 4.79 Å². The van der Waals surface area contributed by atoms with Crippen LogP contribution in [0.5, 0.6) is 0 Å². The van der Waals surface area contributed by atoms with Crippen molar-refractivity contribution in [1.29, 1.82) is 0 Å². The molecule has 1 aromatic carbocycles. The summed E-state index contributed by atoms with van der Waals surface area (Å²) in [6.45, 7) is 4.08. The van der Waals surface area contributed by atoms with E-state index in [2.05, 4.69) is 15.0 Å². The molecule has 6 heteroatoms. The normalized spacial score (nSPS) is 24.2. The van der Waals surface area contributed by atoms with E-state index in [9.17, 15) is 4.79 Å². The lowest BCUT2D eigenvalue weighted by atomic mass is 9.92. The maximum Gasteiger partial charge on any atom is 0.229 e. The molecule has 1 amide bonds. The minimum Gasteiger partial charge on any atom is -0.339 e. The van der Waals surface area contributed by atoms with Gasteiger partial charge < -0.3 is 14.3 Å². The van der Waals surface area contributed by atoms with Gasteiger partial charge in [-0.15, -0.1) is 0 Å². The number of aromatic nitrogens is 2. The fourth-order valence-corrected chi connectivity index (χ4v) is 4.60. The SMILES string of the molecule is O=C1C[C@H](CN2CCC(Cc3noc(C4CC4)n3)CC2)CN1c1ccccc1. The Morgan fingerprint density at radius 2 is 1.82 bits per heavy atom. The van der Waals surface area contributed by atoms with Gasteiger partial charge in [-0.05, 0) is 62.7 Å². The predicted octanol–water partition coefficient (Wildman–Crippen LogP) is 3.25. The Morgan fingerprint density at radius 3 is 2.57 bits per heavy atom. The molecule has 1 aromatic heterocycles. The van der Waals surface area contributed by atoms with Gasteiger partial charge in [0, 0.05) is 37.5 Å². The van der Waals surface area contributed by atoms with Crippen LogP contribution in [0.4, 0.5) is 5.69 Å². The molecule has 148 valence electrons. The van der Waals surface area contributed by atoms with Crippen molar-refractivity contribution in [3.05, 3.63) is 42.0 Å². The van der Waals surface area contributed by atoms with Gasteiger partial charge in [-0.2, -0.15) is 4.98 Å². The number of carbonyl (C=O) groups is 1. The molecule has 5 rings (SSSR count). The highest BCUT2D eigenvalue weighted by molar-refractivity contribution is 5.95. The lowest BCUT2D eigenvalue weighted by Crippen LogP contribution is -2.38. The molecule has 1 aliphatic carbocycles. The molecule has 0 N–H and O–H groups in total. The van der Waals surface area contributed by atoms with Crippen LogP contribution in [0.3, 0.4) is 0 Å². The molecule has 0 bridgehead atoms. The molecule has 3 aliphatic rings. The van der Waals surface area contributed by atoms with E-state index in [1.165, 1.54) is 25.7 Å². The fourth-order valence-electron chi connectivity index (χ4n) is 4.60. The summed E-state index contributed by atoms with van der Waals surface area (Å²) in [5.41, 5.74) is 1.03. The van der Waals surface area contributed by atoms with Crippen molar-refractivity contribution in [2.24, 2.45) is 11.8 Å². The Kier molecular flexibility index (Phi) is 4.89. The summed E-state index contributed by atoms with van der Waals surface area (Å²) in [6.07, 6.45) is 6.36. The predicted molar refractivity (Wildman–Crippen MR) is 106 cm³/mol. The number of amides is 1. The van der Waals surface area contributed by atoms with Crippen molar-refractivity contribution in [1.82, 2.24) is 15.0 Å². The largest absolute Gasteiger partial charge is 0.339 e. The Bertz CT molecular complexity index is 809.